The monoisotopic (exact) mass is 256 g/mol. The van der Waals surface area contributed by atoms with E-state index < -0.39 is 0 Å². The van der Waals surface area contributed by atoms with Crippen LogP contribution in [-0.4, -0.2) is 6.04 Å². The maximum Gasteiger partial charge on any atom is 0.0672 e. The highest BCUT2D eigenvalue weighted by atomic mass is 15.0. The highest BCUT2D eigenvalue weighted by Gasteiger charge is 2.24. The fourth-order valence-electron chi connectivity index (χ4n) is 3.02. The Morgan fingerprint density at radius 1 is 1.26 bits per heavy atom. The molecule has 1 aliphatic carbocycles. The minimum Gasteiger partial charge on any atom is -0.306 e. The van der Waals surface area contributed by atoms with Crippen LogP contribution in [0.3, 0.4) is 0 Å². The van der Waals surface area contributed by atoms with Gasteiger partial charge in [-0.15, -0.1) is 0 Å². The molecular formula is C17H24N2. The van der Waals surface area contributed by atoms with Crippen LogP contribution >= 0.6 is 0 Å². The van der Waals surface area contributed by atoms with E-state index in [1.54, 1.807) is 0 Å². The third kappa shape index (κ3) is 3.81. The van der Waals surface area contributed by atoms with Gasteiger partial charge in [-0.3, -0.25) is 0 Å². The summed E-state index contributed by atoms with van der Waals surface area (Å²) in [6, 6.07) is 11.8. The fraction of sp³-hybridized carbons (Fsp3) is 0.588. The second kappa shape index (κ2) is 6.73. The van der Waals surface area contributed by atoms with E-state index in [1.165, 1.54) is 30.4 Å². The number of nitrogens with zero attached hydrogens (tertiary/aromatic N) is 1. The molecule has 102 valence electrons. The van der Waals surface area contributed by atoms with E-state index >= 15 is 0 Å². The van der Waals surface area contributed by atoms with E-state index in [0.29, 0.717) is 12.1 Å². The zero-order chi connectivity index (χ0) is 13.7. The first kappa shape index (κ1) is 14.1. The lowest BCUT2D eigenvalue weighted by molar-refractivity contribution is 0.361. The molecular weight excluding hydrogens is 232 g/mol. The van der Waals surface area contributed by atoms with Crippen LogP contribution in [0.4, 0.5) is 0 Å². The first-order chi connectivity index (χ1) is 9.20. The van der Waals surface area contributed by atoms with Crippen LogP contribution in [0.5, 0.6) is 0 Å². The van der Waals surface area contributed by atoms with Crippen molar-refractivity contribution in [3.8, 4) is 6.07 Å². The van der Waals surface area contributed by atoms with Crippen LogP contribution < -0.4 is 5.32 Å². The van der Waals surface area contributed by atoms with E-state index in [9.17, 15) is 5.26 Å². The number of rotatable bonds is 3. The quantitative estimate of drug-likeness (QED) is 0.826. The van der Waals surface area contributed by atoms with Gasteiger partial charge in [-0.25, -0.2) is 0 Å². The molecule has 2 rings (SSSR count). The summed E-state index contributed by atoms with van der Waals surface area (Å²) in [5.41, 5.74) is 2.62. The second-order valence-electron chi connectivity index (χ2n) is 5.78. The first-order valence-corrected chi connectivity index (χ1v) is 7.43. The molecule has 2 unspecified atom stereocenters. The predicted molar refractivity (Wildman–Crippen MR) is 78.7 cm³/mol. The Hall–Kier alpha value is -1.33. The Labute approximate surface area is 116 Å². The molecule has 0 heterocycles. The Bertz CT molecular complexity index is 447. The van der Waals surface area contributed by atoms with Gasteiger partial charge in [-0.1, -0.05) is 49.1 Å². The average molecular weight is 256 g/mol. The van der Waals surface area contributed by atoms with E-state index in [-0.39, 0.29) is 5.92 Å². The molecule has 3 atom stereocenters. The summed E-state index contributed by atoms with van der Waals surface area (Å²) in [7, 11) is 0. The van der Waals surface area contributed by atoms with Crippen molar-refractivity contribution in [2.75, 3.05) is 0 Å². The standard InChI is InChI=1S/C17H24N2/c1-13-7-6-9-15(11-13)14(2)19-17-10-5-3-4-8-16(17)12-18/h6-7,9,11,14,16-17,19H,3-5,8,10H2,1-2H3/t14-,16?,17?/m0/s1. The highest BCUT2D eigenvalue weighted by molar-refractivity contribution is 5.24. The smallest absolute Gasteiger partial charge is 0.0672 e. The van der Waals surface area contributed by atoms with Crippen molar-refractivity contribution in [2.24, 2.45) is 5.92 Å². The van der Waals surface area contributed by atoms with Gasteiger partial charge in [-0.2, -0.15) is 5.26 Å². The largest absolute Gasteiger partial charge is 0.306 e. The molecule has 0 radical (unpaired) electrons. The minimum absolute atomic E-state index is 0.176. The normalized spacial score (nSPS) is 25.3. The van der Waals surface area contributed by atoms with E-state index in [4.69, 9.17) is 0 Å². The molecule has 1 aromatic rings. The summed E-state index contributed by atoms with van der Waals surface area (Å²) in [6.07, 6.45) is 5.91. The zero-order valence-electron chi connectivity index (χ0n) is 12.0. The Balaban J connectivity index is 2.04. The van der Waals surface area contributed by atoms with Crippen LogP contribution in [0.15, 0.2) is 24.3 Å². The van der Waals surface area contributed by atoms with Crippen LogP contribution in [0.1, 0.15) is 56.2 Å². The summed E-state index contributed by atoms with van der Waals surface area (Å²) in [5.74, 6) is 0.176. The van der Waals surface area contributed by atoms with E-state index in [2.05, 4.69) is 49.5 Å². The number of aryl methyl sites for hydroxylation is 1. The summed E-state index contributed by atoms with van der Waals surface area (Å²) < 4.78 is 0. The second-order valence-corrected chi connectivity index (χ2v) is 5.78. The molecule has 1 saturated carbocycles. The molecule has 19 heavy (non-hydrogen) atoms. The molecule has 0 bridgehead atoms. The SMILES string of the molecule is Cc1cccc([C@H](C)NC2CCCCCC2C#N)c1. The van der Waals surface area contributed by atoms with Gasteiger partial charge in [0, 0.05) is 12.1 Å². The lowest BCUT2D eigenvalue weighted by Gasteiger charge is -2.25. The van der Waals surface area contributed by atoms with Gasteiger partial charge < -0.3 is 5.32 Å². The first-order valence-electron chi connectivity index (χ1n) is 7.43. The molecule has 0 amide bonds. The van der Waals surface area contributed by atoms with E-state index in [1.807, 2.05) is 0 Å². The summed E-state index contributed by atoms with van der Waals surface area (Å²) in [6.45, 7) is 4.33. The maximum atomic E-state index is 9.32. The third-order valence-electron chi connectivity index (χ3n) is 4.19. The molecule has 0 aromatic heterocycles. The topological polar surface area (TPSA) is 35.8 Å². The van der Waals surface area contributed by atoms with Crippen LogP contribution in [0.25, 0.3) is 0 Å². The average Bonchev–Trinajstić information content (AvgIpc) is 2.63. The molecule has 1 fully saturated rings. The van der Waals surface area contributed by atoms with Crippen molar-refractivity contribution in [3.63, 3.8) is 0 Å². The number of nitrogens with one attached hydrogen (secondary N) is 1. The van der Waals surface area contributed by atoms with Crippen molar-refractivity contribution < 1.29 is 0 Å². The lowest BCUT2D eigenvalue weighted by atomic mass is 9.94. The number of nitriles is 1. The van der Waals surface area contributed by atoms with E-state index in [0.717, 1.165) is 12.8 Å². The fourth-order valence-corrected chi connectivity index (χ4v) is 3.02. The number of hydrogen-bond acceptors (Lipinski definition) is 2. The summed E-state index contributed by atoms with van der Waals surface area (Å²) in [4.78, 5) is 0. The summed E-state index contributed by atoms with van der Waals surface area (Å²) in [5, 5.41) is 13.0. The maximum absolute atomic E-state index is 9.32. The number of benzene rings is 1. The van der Waals surface area contributed by atoms with Gasteiger partial charge >= 0.3 is 0 Å². The molecule has 2 nitrogen and oxygen atoms in total. The number of hydrogen-bond donors (Lipinski definition) is 1. The predicted octanol–water partition coefficient (Wildman–Crippen LogP) is 4.12. The zero-order valence-corrected chi connectivity index (χ0v) is 12.0. The van der Waals surface area contributed by atoms with Crippen molar-refractivity contribution in [2.45, 2.75) is 58.0 Å². The van der Waals surface area contributed by atoms with Gasteiger partial charge in [0.05, 0.1) is 12.0 Å². The molecule has 1 aliphatic rings. The van der Waals surface area contributed by atoms with Gasteiger partial charge in [0.2, 0.25) is 0 Å². The molecule has 1 N–H and O–H groups in total. The van der Waals surface area contributed by atoms with Gasteiger partial charge in [0.1, 0.15) is 0 Å². The Morgan fingerprint density at radius 3 is 2.79 bits per heavy atom. The Kier molecular flexibility index (Phi) is 4.99. The molecule has 0 saturated heterocycles. The van der Waals surface area contributed by atoms with Crippen LogP contribution in [-0.2, 0) is 0 Å². The van der Waals surface area contributed by atoms with Gasteiger partial charge in [-0.05, 0) is 32.3 Å². The molecule has 0 spiro atoms. The lowest BCUT2D eigenvalue weighted by Crippen LogP contribution is -2.36. The molecule has 1 aromatic carbocycles. The molecule has 2 heteroatoms. The summed E-state index contributed by atoms with van der Waals surface area (Å²) >= 11 is 0. The van der Waals surface area contributed by atoms with Gasteiger partial charge in [0.15, 0.2) is 0 Å². The van der Waals surface area contributed by atoms with Crippen LogP contribution in [0.2, 0.25) is 0 Å². The molecule has 0 aliphatic heterocycles. The van der Waals surface area contributed by atoms with Crippen LogP contribution in [0, 0.1) is 24.2 Å². The highest BCUT2D eigenvalue weighted by Crippen LogP contribution is 2.25. The van der Waals surface area contributed by atoms with Crippen molar-refractivity contribution in [1.29, 1.82) is 5.26 Å². The third-order valence-corrected chi connectivity index (χ3v) is 4.19. The van der Waals surface area contributed by atoms with Crippen molar-refractivity contribution in [3.05, 3.63) is 35.4 Å². The van der Waals surface area contributed by atoms with Gasteiger partial charge in [0.25, 0.3) is 0 Å². The Morgan fingerprint density at radius 2 is 2.05 bits per heavy atom. The minimum atomic E-state index is 0.176. The van der Waals surface area contributed by atoms with Crippen molar-refractivity contribution >= 4 is 0 Å². The van der Waals surface area contributed by atoms with Crippen molar-refractivity contribution in [1.82, 2.24) is 5.32 Å².